The number of amides is 1. The topological polar surface area (TPSA) is 54.5 Å². The summed E-state index contributed by atoms with van der Waals surface area (Å²) in [6.45, 7) is 1.48. The third kappa shape index (κ3) is 2.02. The van der Waals surface area contributed by atoms with E-state index < -0.39 is 0 Å². The van der Waals surface area contributed by atoms with Gasteiger partial charge in [-0.1, -0.05) is 17.4 Å². The number of ether oxygens (including phenoxy) is 1. The fourth-order valence-corrected chi connectivity index (χ4v) is 3.22. The maximum atomic E-state index is 11.5. The van der Waals surface area contributed by atoms with Gasteiger partial charge < -0.3 is 15.0 Å². The summed E-state index contributed by atoms with van der Waals surface area (Å²) >= 11 is 1.64. The molecule has 19 heavy (non-hydrogen) atoms. The maximum Gasteiger partial charge on any atom is 0.226 e. The molecule has 0 atom stereocenters. The molecule has 100 valence electrons. The molecule has 1 fully saturated rings. The van der Waals surface area contributed by atoms with Crippen molar-refractivity contribution in [3.63, 3.8) is 0 Å². The number of fused-ring (bicyclic) bond motifs is 1. The van der Waals surface area contributed by atoms with Crippen LogP contribution in [-0.2, 0) is 4.79 Å². The van der Waals surface area contributed by atoms with Crippen LogP contribution in [0.1, 0.15) is 0 Å². The molecule has 0 aliphatic carbocycles. The number of benzene rings is 1. The summed E-state index contributed by atoms with van der Waals surface area (Å²) in [5.74, 6) is 0.984. The Bertz CT molecular complexity index is 619. The number of para-hydroxylation sites is 1. The molecule has 2 heterocycles. The van der Waals surface area contributed by atoms with Crippen molar-refractivity contribution in [2.24, 2.45) is 5.92 Å². The first-order valence-corrected chi connectivity index (χ1v) is 6.94. The van der Waals surface area contributed by atoms with Crippen molar-refractivity contribution < 1.29 is 9.53 Å². The normalized spacial score (nSPS) is 15.4. The van der Waals surface area contributed by atoms with Crippen LogP contribution in [0.25, 0.3) is 10.2 Å². The van der Waals surface area contributed by atoms with Crippen molar-refractivity contribution in [2.45, 2.75) is 0 Å². The molecule has 2 aromatic rings. The fourth-order valence-electron chi connectivity index (χ4n) is 2.22. The molecule has 3 rings (SSSR count). The zero-order valence-corrected chi connectivity index (χ0v) is 11.7. The van der Waals surface area contributed by atoms with Gasteiger partial charge in [-0.15, -0.1) is 0 Å². The van der Waals surface area contributed by atoms with E-state index in [1.807, 2.05) is 18.2 Å². The smallest absolute Gasteiger partial charge is 0.226 e. The third-order valence-electron chi connectivity index (χ3n) is 3.36. The summed E-state index contributed by atoms with van der Waals surface area (Å²) in [5.41, 5.74) is 0.897. The van der Waals surface area contributed by atoms with E-state index >= 15 is 0 Å². The van der Waals surface area contributed by atoms with E-state index in [1.165, 1.54) is 0 Å². The summed E-state index contributed by atoms with van der Waals surface area (Å²) in [6.07, 6.45) is 0. The number of nitrogens with one attached hydrogen (secondary N) is 1. The largest absolute Gasteiger partial charge is 0.494 e. The highest BCUT2D eigenvalue weighted by molar-refractivity contribution is 7.22. The fraction of sp³-hybridized carbons (Fsp3) is 0.385. The molecule has 1 aliphatic rings. The molecule has 1 aromatic carbocycles. The van der Waals surface area contributed by atoms with E-state index in [0.717, 1.165) is 34.2 Å². The number of thiazole rings is 1. The summed E-state index contributed by atoms with van der Waals surface area (Å²) in [7, 11) is 3.33. The van der Waals surface area contributed by atoms with Crippen LogP contribution in [0.15, 0.2) is 18.2 Å². The zero-order valence-electron chi connectivity index (χ0n) is 10.8. The summed E-state index contributed by atoms with van der Waals surface area (Å²) in [6, 6.07) is 5.91. The molecular weight excluding hydrogens is 262 g/mol. The second kappa shape index (κ2) is 4.70. The number of methoxy groups -OCH3 is 1. The van der Waals surface area contributed by atoms with Crippen molar-refractivity contribution in [2.75, 3.05) is 32.1 Å². The van der Waals surface area contributed by atoms with Crippen molar-refractivity contribution in [1.82, 2.24) is 10.3 Å². The van der Waals surface area contributed by atoms with E-state index in [-0.39, 0.29) is 11.8 Å². The minimum Gasteiger partial charge on any atom is -0.494 e. The van der Waals surface area contributed by atoms with Crippen LogP contribution in [-0.4, -0.2) is 38.1 Å². The van der Waals surface area contributed by atoms with Gasteiger partial charge in [-0.2, -0.15) is 0 Å². The lowest BCUT2D eigenvalue weighted by molar-refractivity contribution is -0.125. The van der Waals surface area contributed by atoms with Crippen molar-refractivity contribution in [3.8, 4) is 5.75 Å². The van der Waals surface area contributed by atoms with Gasteiger partial charge in [0.05, 0.1) is 17.7 Å². The predicted molar refractivity (Wildman–Crippen MR) is 75.9 cm³/mol. The highest BCUT2D eigenvalue weighted by Gasteiger charge is 2.33. The van der Waals surface area contributed by atoms with Crippen LogP contribution >= 0.6 is 11.3 Å². The van der Waals surface area contributed by atoms with Crippen LogP contribution in [0.2, 0.25) is 0 Å². The Hall–Kier alpha value is -1.82. The number of rotatable bonds is 3. The molecule has 1 saturated heterocycles. The van der Waals surface area contributed by atoms with Gasteiger partial charge >= 0.3 is 0 Å². The van der Waals surface area contributed by atoms with Gasteiger partial charge in [0, 0.05) is 20.1 Å². The number of anilines is 1. The molecule has 0 bridgehead atoms. The number of hydrogen-bond acceptors (Lipinski definition) is 5. The molecule has 6 heteroatoms. The maximum absolute atomic E-state index is 11.5. The molecule has 1 aliphatic heterocycles. The third-order valence-corrected chi connectivity index (χ3v) is 4.44. The second-order valence-corrected chi connectivity index (χ2v) is 5.53. The molecule has 0 saturated carbocycles. The standard InChI is InChI=1S/C13H15N3O2S/c1-14-12(17)8-6-16(7-8)13-15-11-9(18-2)4-3-5-10(11)19-13/h3-5,8H,6-7H2,1-2H3,(H,14,17). The van der Waals surface area contributed by atoms with E-state index in [2.05, 4.69) is 15.2 Å². The van der Waals surface area contributed by atoms with Crippen molar-refractivity contribution in [3.05, 3.63) is 18.2 Å². The SMILES string of the molecule is CNC(=O)C1CN(c2nc3c(OC)cccc3s2)C1. The van der Waals surface area contributed by atoms with E-state index in [4.69, 9.17) is 4.74 Å². The molecular formula is C13H15N3O2S. The van der Waals surface area contributed by atoms with E-state index in [9.17, 15) is 4.79 Å². The lowest BCUT2D eigenvalue weighted by Gasteiger charge is -2.37. The Morgan fingerprint density at radius 2 is 2.32 bits per heavy atom. The van der Waals surface area contributed by atoms with Gasteiger partial charge in [-0.25, -0.2) is 4.98 Å². The Balaban J connectivity index is 1.82. The highest BCUT2D eigenvalue weighted by Crippen LogP contribution is 2.36. The van der Waals surface area contributed by atoms with Crippen molar-refractivity contribution >= 4 is 32.6 Å². The quantitative estimate of drug-likeness (QED) is 0.923. The number of hydrogen-bond donors (Lipinski definition) is 1. The number of carbonyl (C=O) groups excluding carboxylic acids is 1. The number of carbonyl (C=O) groups is 1. The van der Waals surface area contributed by atoms with E-state index in [0.29, 0.717) is 0 Å². The van der Waals surface area contributed by atoms with E-state index in [1.54, 1.807) is 25.5 Å². The highest BCUT2D eigenvalue weighted by atomic mass is 32.1. The minimum absolute atomic E-state index is 0.0823. The predicted octanol–water partition coefficient (Wildman–Crippen LogP) is 1.49. The van der Waals surface area contributed by atoms with Crippen LogP contribution in [0.3, 0.4) is 0 Å². The minimum atomic E-state index is 0.0823. The molecule has 1 N–H and O–H groups in total. The molecule has 0 spiro atoms. The Labute approximate surface area is 115 Å². The first kappa shape index (κ1) is 12.2. The Kier molecular flexibility index (Phi) is 3.02. The first-order valence-electron chi connectivity index (χ1n) is 6.13. The van der Waals surface area contributed by atoms with Gasteiger partial charge in [0.25, 0.3) is 0 Å². The van der Waals surface area contributed by atoms with Crippen LogP contribution in [0, 0.1) is 5.92 Å². The summed E-state index contributed by atoms with van der Waals surface area (Å²) in [4.78, 5) is 18.2. The Morgan fingerprint density at radius 1 is 1.53 bits per heavy atom. The second-order valence-electron chi connectivity index (χ2n) is 4.52. The molecule has 1 aromatic heterocycles. The van der Waals surface area contributed by atoms with Gasteiger partial charge in [-0.3, -0.25) is 4.79 Å². The summed E-state index contributed by atoms with van der Waals surface area (Å²) in [5, 5.41) is 3.64. The summed E-state index contributed by atoms with van der Waals surface area (Å²) < 4.78 is 6.42. The average Bonchev–Trinajstić information content (AvgIpc) is 2.79. The monoisotopic (exact) mass is 277 g/mol. The van der Waals surface area contributed by atoms with Gasteiger partial charge in [0.1, 0.15) is 11.3 Å². The van der Waals surface area contributed by atoms with Crippen LogP contribution in [0.5, 0.6) is 5.75 Å². The lowest BCUT2D eigenvalue weighted by Crippen LogP contribution is -2.53. The molecule has 5 nitrogen and oxygen atoms in total. The Morgan fingerprint density at radius 3 is 3.00 bits per heavy atom. The average molecular weight is 277 g/mol. The van der Waals surface area contributed by atoms with Gasteiger partial charge in [0.2, 0.25) is 5.91 Å². The lowest BCUT2D eigenvalue weighted by atomic mass is 10.0. The van der Waals surface area contributed by atoms with Crippen LogP contribution < -0.4 is 15.0 Å². The van der Waals surface area contributed by atoms with Crippen molar-refractivity contribution in [1.29, 1.82) is 0 Å². The van der Waals surface area contributed by atoms with Crippen LogP contribution in [0.4, 0.5) is 5.13 Å². The van der Waals surface area contributed by atoms with Gasteiger partial charge in [-0.05, 0) is 12.1 Å². The number of aromatic nitrogens is 1. The zero-order chi connectivity index (χ0) is 13.4. The first-order chi connectivity index (χ1) is 9.22. The number of nitrogens with zero attached hydrogens (tertiary/aromatic N) is 2. The molecule has 0 radical (unpaired) electrons. The molecule has 0 unspecified atom stereocenters. The molecule has 1 amide bonds. The van der Waals surface area contributed by atoms with Gasteiger partial charge in [0.15, 0.2) is 5.13 Å².